The molecule has 0 aliphatic heterocycles. The molecule has 0 aliphatic rings. The van der Waals surface area contributed by atoms with E-state index >= 15 is 0 Å². The first-order chi connectivity index (χ1) is 15.0. The van der Waals surface area contributed by atoms with E-state index < -0.39 is 0 Å². The Morgan fingerprint density at radius 2 is 1.97 bits per heavy atom. The van der Waals surface area contributed by atoms with Crippen molar-refractivity contribution < 1.29 is 14.3 Å². The van der Waals surface area contributed by atoms with Crippen LogP contribution in [0.4, 0.5) is 11.6 Å². The number of rotatable bonds is 10. The molecule has 164 valence electrons. The number of tetrazole rings is 1. The molecule has 31 heavy (non-hydrogen) atoms. The summed E-state index contributed by atoms with van der Waals surface area (Å²) in [5.74, 6) is 1.13. The fraction of sp³-hybridized carbons (Fsp3) is 0.333. The second kappa shape index (κ2) is 10.6. The van der Waals surface area contributed by atoms with Crippen molar-refractivity contribution in [2.45, 2.75) is 33.4 Å². The van der Waals surface area contributed by atoms with E-state index in [1.165, 1.54) is 7.11 Å². The van der Waals surface area contributed by atoms with Crippen molar-refractivity contribution in [2.75, 3.05) is 24.4 Å². The van der Waals surface area contributed by atoms with E-state index in [0.717, 1.165) is 17.5 Å². The first-order valence-electron chi connectivity index (χ1n) is 9.86. The number of benzene rings is 2. The molecule has 0 saturated heterocycles. The topological polar surface area (TPSA) is 103 Å². The third-order valence-corrected chi connectivity index (χ3v) is 4.78. The van der Waals surface area contributed by atoms with E-state index in [0.29, 0.717) is 41.2 Å². The molecule has 1 heterocycles. The number of amides is 1. The molecule has 2 aromatic carbocycles. The van der Waals surface area contributed by atoms with Crippen molar-refractivity contribution in [3.8, 4) is 11.5 Å². The Kier molecular flexibility index (Phi) is 7.66. The molecule has 10 heteroatoms. The Balaban J connectivity index is 1.62. The van der Waals surface area contributed by atoms with Crippen LogP contribution in [0.1, 0.15) is 24.5 Å². The molecule has 0 atom stereocenters. The zero-order chi connectivity index (χ0) is 22.2. The largest absolute Gasteiger partial charge is 0.493 e. The monoisotopic (exact) mass is 444 g/mol. The summed E-state index contributed by atoms with van der Waals surface area (Å²) in [7, 11) is 1.53. The van der Waals surface area contributed by atoms with E-state index in [9.17, 15) is 4.79 Å². The summed E-state index contributed by atoms with van der Waals surface area (Å²) in [5.41, 5.74) is 2.60. The highest BCUT2D eigenvalue weighted by Gasteiger charge is 2.14. The number of carbonyl (C=O) groups is 1. The van der Waals surface area contributed by atoms with Crippen LogP contribution in [0.3, 0.4) is 0 Å². The van der Waals surface area contributed by atoms with Crippen molar-refractivity contribution in [1.82, 2.24) is 20.2 Å². The quantitative estimate of drug-likeness (QED) is 0.491. The summed E-state index contributed by atoms with van der Waals surface area (Å²) < 4.78 is 12.7. The number of methoxy groups -OCH3 is 1. The van der Waals surface area contributed by atoms with Gasteiger partial charge in [0.2, 0.25) is 5.95 Å². The first-order valence-corrected chi connectivity index (χ1v) is 10.2. The molecule has 0 saturated carbocycles. The van der Waals surface area contributed by atoms with Gasteiger partial charge in [0.25, 0.3) is 5.91 Å². The van der Waals surface area contributed by atoms with Gasteiger partial charge in [-0.3, -0.25) is 4.79 Å². The van der Waals surface area contributed by atoms with Crippen LogP contribution >= 0.6 is 11.6 Å². The van der Waals surface area contributed by atoms with Gasteiger partial charge >= 0.3 is 0 Å². The maximum absolute atomic E-state index is 12.2. The smallest absolute Gasteiger partial charge is 0.262 e. The van der Waals surface area contributed by atoms with Gasteiger partial charge in [0, 0.05) is 29.9 Å². The summed E-state index contributed by atoms with van der Waals surface area (Å²) in [6.45, 7) is 4.96. The maximum Gasteiger partial charge on any atom is 0.262 e. The minimum absolute atomic E-state index is 0.177. The van der Waals surface area contributed by atoms with Crippen LogP contribution in [-0.4, -0.2) is 39.8 Å². The van der Waals surface area contributed by atoms with E-state index in [4.69, 9.17) is 21.1 Å². The highest BCUT2D eigenvalue weighted by atomic mass is 35.5. The van der Waals surface area contributed by atoms with Crippen molar-refractivity contribution in [2.24, 2.45) is 0 Å². The van der Waals surface area contributed by atoms with Crippen molar-refractivity contribution in [3.63, 3.8) is 0 Å². The van der Waals surface area contributed by atoms with Crippen LogP contribution in [0.5, 0.6) is 11.5 Å². The Morgan fingerprint density at radius 3 is 2.68 bits per heavy atom. The van der Waals surface area contributed by atoms with Gasteiger partial charge in [-0.15, -0.1) is 0 Å². The van der Waals surface area contributed by atoms with Gasteiger partial charge in [0.15, 0.2) is 18.1 Å². The summed E-state index contributed by atoms with van der Waals surface area (Å²) in [5, 5.41) is 18.0. The van der Waals surface area contributed by atoms with Gasteiger partial charge in [-0.25, -0.2) is 4.68 Å². The normalized spacial score (nSPS) is 10.6. The molecule has 3 rings (SSSR count). The number of nitrogens with one attached hydrogen (secondary N) is 2. The number of hydrogen-bond donors (Lipinski definition) is 2. The second-order valence-electron chi connectivity index (χ2n) is 6.88. The Bertz CT molecular complexity index is 1020. The van der Waals surface area contributed by atoms with Gasteiger partial charge in [-0.05, 0) is 47.5 Å². The summed E-state index contributed by atoms with van der Waals surface area (Å²) in [4.78, 5) is 12.2. The van der Waals surface area contributed by atoms with Crippen LogP contribution in [0.2, 0.25) is 5.02 Å². The molecule has 2 N–H and O–H groups in total. The lowest BCUT2D eigenvalue weighted by atomic mass is 10.2. The Morgan fingerprint density at radius 1 is 1.19 bits per heavy atom. The lowest BCUT2D eigenvalue weighted by Crippen LogP contribution is -2.20. The molecular weight excluding hydrogens is 420 g/mol. The van der Waals surface area contributed by atoms with E-state index in [1.54, 1.807) is 16.8 Å². The van der Waals surface area contributed by atoms with Crippen LogP contribution in [0.25, 0.3) is 0 Å². The molecule has 9 nitrogen and oxygen atoms in total. The number of carbonyl (C=O) groups excluding carboxylic acids is 1. The summed E-state index contributed by atoms with van der Waals surface area (Å²) >= 11 is 6.42. The van der Waals surface area contributed by atoms with Gasteiger partial charge in [0.05, 0.1) is 7.11 Å². The number of ether oxygens (including phenoxy) is 2. The summed E-state index contributed by atoms with van der Waals surface area (Å²) in [6.07, 6.45) is 0.915. The molecule has 1 aromatic heterocycles. The SMILES string of the molecule is CCCn1nnnc1NCc1cc(OC)c(OCC(=O)Nc2ccc(C)cc2)cc1Cl. The number of aromatic nitrogens is 4. The van der Waals surface area contributed by atoms with E-state index in [-0.39, 0.29) is 12.5 Å². The van der Waals surface area contributed by atoms with Crippen molar-refractivity contribution in [1.29, 1.82) is 0 Å². The molecular formula is C21H25ClN6O3. The fourth-order valence-corrected chi connectivity index (χ4v) is 3.05. The number of hydrogen-bond acceptors (Lipinski definition) is 7. The van der Waals surface area contributed by atoms with Crippen LogP contribution in [-0.2, 0) is 17.9 Å². The highest BCUT2D eigenvalue weighted by Crippen LogP contribution is 2.33. The number of nitrogens with zero attached hydrogens (tertiary/aromatic N) is 4. The second-order valence-corrected chi connectivity index (χ2v) is 7.28. The fourth-order valence-electron chi connectivity index (χ4n) is 2.83. The number of anilines is 2. The summed E-state index contributed by atoms with van der Waals surface area (Å²) in [6, 6.07) is 10.9. The number of aryl methyl sites for hydroxylation is 2. The number of halogens is 1. The third kappa shape index (κ3) is 6.08. The minimum atomic E-state index is -0.282. The van der Waals surface area contributed by atoms with Gasteiger partial charge in [0.1, 0.15) is 0 Å². The van der Waals surface area contributed by atoms with E-state index in [2.05, 4.69) is 26.2 Å². The Hall–Kier alpha value is -3.33. The van der Waals surface area contributed by atoms with Crippen molar-refractivity contribution >= 4 is 29.1 Å². The first kappa shape index (κ1) is 22.4. The van der Waals surface area contributed by atoms with Crippen LogP contribution in [0, 0.1) is 6.92 Å². The van der Waals surface area contributed by atoms with Crippen LogP contribution in [0.15, 0.2) is 36.4 Å². The van der Waals surface area contributed by atoms with Gasteiger partial charge in [-0.1, -0.05) is 41.3 Å². The zero-order valence-electron chi connectivity index (χ0n) is 17.7. The molecule has 0 bridgehead atoms. The lowest BCUT2D eigenvalue weighted by molar-refractivity contribution is -0.118. The van der Waals surface area contributed by atoms with Gasteiger partial charge in [-0.2, -0.15) is 0 Å². The average molecular weight is 445 g/mol. The maximum atomic E-state index is 12.2. The predicted octanol–water partition coefficient (Wildman–Crippen LogP) is 3.68. The average Bonchev–Trinajstić information content (AvgIpc) is 3.20. The van der Waals surface area contributed by atoms with Crippen molar-refractivity contribution in [3.05, 3.63) is 52.5 Å². The molecule has 0 spiro atoms. The molecule has 0 unspecified atom stereocenters. The Labute approximate surface area is 185 Å². The molecule has 0 aliphatic carbocycles. The third-order valence-electron chi connectivity index (χ3n) is 4.43. The van der Waals surface area contributed by atoms with Crippen LogP contribution < -0.4 is 20.1 Å². The molecule has 0 fully saturated rings. The standard InChI is InChI=1S/C21H25ClN6O3/c1-4-9-28-21(25-26-27-28)23-12-15-10-18(30-3)19(11-17(15)22)31-13-20(29)24-16-7-5-14(2)6-8-16/h5-8,10-11H,4,9,12-13H2,1-3H3,(H,24,29)(H,23,25,27). The molecule has 0 radical (unpaired) electrons. The van der Waals surface area contributed by atoms with E-state index in [1.807, 2.05) is 38.1 Å². The van der Waals surface area contributed by atoms with Gasteiger partial charge < -0.3 is 20.1 Å². The molecule has 3 aromatic rings. The predicted molar refractivity (Wildman–Crippen MR) is 119 cm³/mol. The lowest BCUT2D eigenvalue weighted by Gasteiger charge is -2.14. The zero-order valence-corrected chi connectivity index (χ0v) is 18.4. The molecule has 1 amide bonds. The minimum Gasteiger partial charge on any atom is -0.493 e. The highest BCUT2D eigenvalue weighted by molar-refractivity contribution is 6.31.